The minimum absolute atomic E-state index is 0.0469. The van der Waals surface area contributed by atoms with E-state index in [9.17, 15) is 9.90 Å². The van der Waals surface area contributed by atoms with Crippen molar-refractivity contribution >= 4 is 22.5 Å². The SMILES string of the molecule is O=C(NC(c1ccccc1)C1CC1)c1ccc2[nH]nc(-c3ccc(NC4CCC(O)CC4)cc3)c2c1. The smallest absolute Gasteiger partial charge is 0.251 e. The van der Waals surface area contributed by atoms with Crippen LogP contribution in [0.4, 0.5) is 5.69 Å². The van der Waals surface area contributed by atoms with Crippen LogP contribution in [0.5, 0.6) is 0 Å². The van der Waals surface area contributed by atoms with Gasteiger partial charge in [-0.15, -0.1) is 0 Å². The summed E-state index contributed by atoms with van der Waals surface area (Å²) >= 11 is 0. The topological polar surface area (TPSA) is 90.0 Å². The number of aromatic nitrogens is 2. The van der Waals surface area contributed by atoms with Crippen molar-refractivity contribution in [3.05, 3.63) is 83.9 Å². The Kier molecular flexibility index (Phi) is 6.20. The van der Waals surface area contributed by atoms with E-state index in [0.717, 1.165) is 71.9 Å². The number of nitrogens with one attached hydrogen (secondary N) is 3. The highest BCUT2D eigenvalue weighted by atomic mass is 16.3. The van der Waals surface area contributed by atoms with E-state index in [1.54, 1.807) is 0 Å². The van der Waals surface area contributed by atoms with E-state index in [4.69, 9.17) is 0 Å². The monoisotopic (exact) mass is 480 g/mol. The summed E-state index contributed by atoms with van der Waals surface area (Å²) in [5.41, 5.74) is 5.64. The van der Waals surface area contributed by atoms with Crippen molar-refractivity contribution in [2.45, 2.75) is 56.7 Å². The quantitative estimate of drug-likeness (QED) is 0.268. The van der Waals surface area contributed by atoms with E-state index in [1.165, 1.54) is 0 Å². The summed E-state index contributed by atoms with van der Waals surface area (Å²) in [7, 11) is 0. The highest BCUT2D eigenvalue weighted by molar-refractivity contribution is 6.01. The van der Waals surface area contributed by atoms with Crippen LogP contribution in [-0.2, 0) is 0 Å². The summed E-state index contributed by atoms with van der Waals surface area (Å²) in [4.78, 5) is 13.3. The number of carbonyl (C=O) groups excluding carboxylic acids is 1. The van der Waals surface area contributed by atoms with Crippen LogP contribution in [-0.4, -0.2) is 33.4 Å². The van der Waals surface area contributed by atoms with Gasteiger partial charge in [-0.05, 0) is 80.3 Å². The summed E-state index contributed by atoms with van der Waals surface area (Å²) in [5.74, 6) is 0.456. The van der Waals surface area contributed by atoms with Gasteiger partial charge < -0.3 is 15.7 Å². The molecule has 1 aromatic heterocycles. The van der Waals surface area contributed by atoms with E-state index in [2.05, 4.69) is 57.2 Å². The Morgan fingerprint density at radius 2 is 1.67 bits per heavy atom. The van der Waals surface area contributed by atoms with Crippen LogP contribution in [0.2, 0.25) is 0 Å². The molecule has 184 valence electrons. The van der Waals surface area contributed by atoms with Gasteiger partial charge in [-0.3, -0.25) is 9.89 Å². The molecule has 0 aliphatic heterocycles. The molecule has 2 fully saturated rings. The minimum atomic E-state index is -0.150. The molecule has 0 spiro atoms. The molecule has 1 atom stereocenters. The Hall–Kier alpha value is -3.64. The lowest BCUT2D eigenvalue weighted by Gasteiger charge is -2.27. The molecule has 2 aliphatic carbocycles. The molecule has 6 heteroatoms. The fourth-order valence-corrected chi connectivity index (χ4v) is 5.34. The van der Waals surface area contributed by atoms with E-state index in [1.807, 2.05) is 36.4 Å². The first-order valence-corrected chi connectivity index (χ1v) is 13.0. The third-order valence-corrected chi connectivity index (χ3v) is 7.59. The number of aromatic amines is 1. The van der Waals surface area contributed by atoms with Crippen LogP contribution < -0.4 is 10.6 Å². The maximum Gasteiger partial charge on any atom is 0.251 e. The first-order chi connectivity index (χ1) is 17.6. The molecule has 36 heavy (non-hydrogen) atoms. The third-order valence-electron chi connectivity index (χ3n) is 7.59. The Labute approximate surface area is 211 Å². The number of rotatable bonds is 7. The number of hydrogen-bond acceptors (Lipinski definition) is 4. The molecule has 2 saturated carbocycles. The van der Waals surface area contributed by atoms with Gasteiger partial charge in [0, 0.05) is 28.2 Å². The van der Waals surface area contributed by atoms with Crippen molar-refractivity contribution < 1.29 is 9.90 Å². The Morgan fingerprint density at radius 3 is 2.39 bits per heavy atom. The molecule has 1 unspecified atom stereocenters. The van der Waals surface area contributed by atoms with Crippen LogP contribution in [0.3, 0.4) is 0 Å². The van der Waals surface area contributed by atoms with Crippen LogP contribution in [0, 0.1) is 5.92 Å². The van der Waals surface area contributed by atoms with Crippen LogP contribution >= 0.6 is 0 Å². The van der Waals surface area contributed by atoms with E-state index in [0.29, 0.717) is 17.5 Å². The lowest BCUT2D eigenvalue weighted by atomic mass is 9.93. The number of H-pyrrole nitrogens is 1. The minimum Gasteiger partial charge on any atom is -0.393 e. The lowest BCUT2D eigenvalue weighted by Crippen LogP contribution is -2.29. The fourth-order valence-electron chi connectivity index (χ4n) is 5.34. The van der Waals surface area contributed by atoms with Crippen LogP contribution in [0.1, 0.15) is 60.5 Å². The van der Waals surface area contributed by atoms with Crippen molar-refractivity contribution in [3.8, 4) is 11.3 Å². The molecule has 2 aliphatic rings. The molecule has 6 nitrogen and oxygen atoms in total. The van der Waals surface area contributed by atoms with E-state index >= 15 is 0 Å². The number of fused-ring (bicyclic) bond motifs is 1. The number of aliphatic hydroxyl groups excluding tert-OH is 1. The second-order valence-corrected chi connectivity index (χ2v) is 10.3. The molecule has 3 aromatic carbocycles. The zero-order chi connectivity index (χ0) is 24.5. The molecule has 0 bridgehead atoms. The maximum absolute atomic E-state index is 13.3. The van der Waals surface area contributed by atoms with Crippen LogP contribution in [0.15, 0.2) is 72.8 Å². The average Bonchev–Trinajstić information content (AvgIpc) is 3.67. The van der Waals surface area contributed by atoms with Crippen molar-refractivity contribution in [2.75, 3.05) is 5.32 Å². The predicted octanol–water partition coefficient (Wildman–Crippen LogP) is 5.83. The van der Waals surface area contributed by atoms with Crippen molar-refractivity contribution in [3.63, 3.8) is 0 Å². The fraction of sp³-hybridized carbons (Fsp3) is 0.333. The number of carbonyl (C=O) groups is 1. The number of benzene rings is 3. The van der Waals surface area contributed by atoms with Gasteiger partial charge in [-0.2, -0.15) is 5.10 Å². The van der Waals surface area contributed by atoms with Crippen molar-refractivity contribution in [1.82, 2.24) is 15.5 Å². The molecule has 6 rings (SSSR count). The molecular formula is C30H32N4O2. The van der Waals surface area contributed by atoms with Gasteiger partial charge in [0.05, 0.1) is 23.4 Å². The Balaban J connectivity index is 1.20. The number of hydrogen-bond donors (Lipinski definition) is 4. The summed E-state index contributed by atoms with van der Waals surface area (Å²) < 4.78 is 0. The zero-order valence-corrected chi connectivity index (χ0v) is 20.3. The highest BCUT2D eigenvalue weighted by Gasteiger charge is 2.33. The van der Waals surface area contributed by atoms with Crippen molar-refractivity contribution in [2.24, 2.45) is 5.92 Å². The molecule has 4 aromatic rings. The number of amides is 1. The standard InChI is InChI=1S/C30H32N4O2/c35-25-15-13-24(14-16-25)31-23-11-8-21(9-12-23)29-26-18-22(10-17-27(26)33-34-29)30(36)32-28(20-6-7-20)19-4-2-1-3-5-19/h1-5,8-12,17-18,20,24-25,28,31,35H,6-7,13-16H2,(H,32,36)(H,33,34). The van der Waals surface area contributed by atoms with Crippen molar-refractivity contribution in [1.29, 1.82) is 0 Å². The lowest BCUT2D eigenvalue weighted by molar-refractivity contribution is 0.0931. The van der Waals surface area contributed by atoms with Gasteiger partial charge in [0.2, 0.25) is 0 Å². The van der Waals surface area contributed by atoms with Gasteiger partial charge in [0.1, 0.15) is 0 Å². The highest BCUT2D eigenvalue weighted by Crippen LogP contribution is 2.41. The average molecular weight is 481 g/mol. The largest absolute Gasteiger partial charge is 0.393 e. The number of nitrogens with zero attached hydrogens (tertiary/aromatic N) is 1. The number of anilines is 1. The summed E-state index contributed by atoms with van der Waals surface area (Å²) in [6.07, 6.45) is 5.85. The van der Waals surface area contributed by atoms with E-state index in [-0.39, 0.29) is 18.1 Å². The number of aliphatic hydroxyl groups is 1. The first kappa shape index (κ1) is 22.8. The molecule has 0 radical (unpaired) electrons. The molecule has 4 N–H and O–H groups in total. The molecular weight excluding hydrogens is 448 g/mol. The summed E-state index contributed by atoms with van der Waals surface area (Å²) in [6.45, 7) is 0. The Bertz CT molecular complexity index is 1340. The second kappa shape index (κ2) is 9.78. The van der Waals surface area contributed by atoms with Gasteiger partial charge in [-0.25, -0.2) is 0 Å². The third kappa shape index (κ3) is 4.86. The summed E-state index contributed by atoms with van der Waals surface area (Å²) in [6, 6.07) is 24.7. The molecule has 1 heterocycles. The van der Waals surface area contributed by atoms with Gasteiger partial charge in [0.25, 0.3) is 5.91 Å². The first-order valence-electron chi connectivity index (χ1n) is 13.0. The summed E-state index contributed by atoms with van der Waals surface area (Å²) in [5, 5.41) is 25.2. The second-order valence-electron chi connectivity index (χ2n) is 10.3. The van der Waals surface area contributed by atoms with Gasteiger partial charge in [-0.1, -0.05) is 42.5 Å². The van der Waals surface area contributed by atoms with Gasteiger partial charge in [0.15, 0.2) is 0 Å². The zero-order valence-electron chi connectivity index (χ0n) is 20.3. The van der Waals surface area contributed by atoms with Gasteiger partial charge >= 0.3 is 0 Å². The Morgan fingerprint density at radius 1 is 0.917 bits per heavy atom. The van der Waals surface area contributed by atoms with Crippen LogP contribution in [0.25, 0.3) is 22.2 Å². The maximum atomic E-state index is 13.3. The normalized spacial score (nSPS) is 20.7. The van der Waals surface area contributed by atoms with E-state index < -0.39 is 0 Å². The molecule has 1 amide bonds. The molecule has 0 saturated heterocycles. The predicted molar refractivity (Wildman–Crippen MR) is 143 cm³/mol.